The molecule has 0 radical (unpaired) electrons. The minimum absolute atomic E-state index is 0.0308. The van der Waals surface area contributed by atoms with E-state index < -0.39 is 18.2 Å². The molecule has 0 aromatic heterocycles. The van der Waals surface area contributed by atoms with E-state index in [4.69, 9.17) is 4.74 Å². The SMILES string of the molecule is C=CCOC(=O)O[C@@H](Cc1ccc(-c2ccccc2)cc1)C(=O)O. The van der Waals surface area contributed by atoms with Crippen LogP contribution >= 0.6 is 0 Å². The van der Waals surface area contributed by atoms with E-state index in [1.165, 1.54) is 6.08 Å². The Hall–Kier alpha value is -3.08. The molecule has 0 fully saturated rings. The van der Waals surface area contributed by atoms with Gasteiger partial charge in [-0.15, -0.1) is 0 Å². The van der Waals surface area contributed by atoms with E-state index in [0.29, 0.717) is 0 Å². The minimum atomic E-state index is -1.30. The number of ether oxygens (including phenoxy) is 2. The predicted octanol–water partition coefficient (Wildman–Crippen LogP) is 3.69. The van der Waals surface area contributed by atoms with Gasteiger partial charge in [0.1, 0.15) is 6.61 Å². The first kappa shape index (κ1) is 17.3. The van der Waals surface area contributed by atoms with Gasteiger partial charge in [0.15, 0.2) is 0 Å². The number of carboxylic acids is 1. The van der Waals surface area contributed by atoms with Crippen molar-refractivity contribution in [3.05, 3.63) is 72.8 Å². The van der Waals surface area contributed by atoms with Crippen LogP contribution in [0.15, 0.2) is 67.3 Å². The van der Waals surface area contributed by atoms with Crippen LogP contribution in [-0.2, 0) is 20.7 Å². The summed E-state index contributed by atoms with van der Waals surface area (Å²) in [7, 11) is 0. The summed E-state index contributed by atoms with van der Waals surface area (Å²) in [5.74, 6) is -1.22. The number of hydrogen-bond donors (Lipinski definition) is 1. The van der Waals surface area contributed by atoms with Gasteiger partial charge in [-0.25, -0.2) is 9.59 Å². The second-order valence-corrected chi connectivity index (χ2v) is 5.06. The van der Waals surface area contributed by atoms with Crippen molar-refractivity contribution in [2.75, 3.05) is 6.61 Å². The summed E-state index contributed by atoms with van der Waals surface area (Å²) in [6.45, 7) is 3.37. The maximum Gasteiger partial charge on any atom is 0.509 e. The van der Waals surface area contributed by atoms with Crippen molar-refractivity contribution in [2.45, 2.75) is 12.5 Å². The highest BCUT2D eigenvalue weighted by molar-refractivity contribution is 5.76. The van der Waals surface area contributed by atoms with Crippen LogP contribution < -0.4 is 0 Å². The average molecular weight is 326 g/mol. The van der Waals surface area contributed by atoms with E-state index in [9.17, 15) is 14.7 Å². The van der Waals surface area contributed by atoms with E-state index in [-0.39, 0.29) is 13.0 Å². The highest BCUT2D eigenvalue weighted by Gasteiger charge is 2.23. The summed E-state index contributed by atoms with van der Waals surface area (Å²) in [6.07, 6.45) is -0.888. The van der Waals surface area contributed by atoms with Gasteiger partial charge in [-0.1, -0.05) is 67.3 Å². The van der Waals surface area contributed by atoms with Gasteiger partial charge in [-0.3, -0.25) is 0 Å². The molecule has 0 saturated carbocycles. The van der Waals surface area contributed by atoms with Gasteiger partial charge < -0.3 is 14.6 Å². The van der Waals surface area contributed by atoms with E-state index >= 15 is 0 Å². The molecule has 0 spiro atoms. The second-order valence-electron chi connectivity index (χ2n) is 5.06. The summed E-state index contributed by atoms with van der Waals surface area (Å²) >= 11 is 0. The molecule has 2 aromatic rings. The maximum absolute atomic E-state index is 11.4. The van der Waals surface area contributed by atoms with Crippen LogP contribution in [0.25, 0.3) is 11.1 Å². The molecule has 1 atom stereocenters. The largest absolute Gasteiger partial charge is 0.509 e. The maximum atomic E-state index is 11.4. The quantitative estimate of drug-likeness (QED) is 0.620. The lowest BCUT2D eigenvalue weighted by Crippen LogP contribution is -2.29. The van der Waals surface area contributed by atoms with Crippen molar-refractivity contribution in [1.82, 2.24) is 0 Å². The van der Waals surface area contributed by atoms with Crippen LogP contribution in [0.4, 0.5) is 4.79 Å². The lowest BCUT2D eigenvalue weighted by molar-refractivity contribution is -0.148. The van der Waals surface area contributed by atoms with Crippen molar-refractivity contribution >= 4 is 12.1 Å². The molecule has 124 valence electrons. The van der Waals surface area contributed by atoms with Gasteiger partial charge in [0.05, 0.1) is 0 Å². The fourth-order valence-electron chi connectivity index (χ4n) is 2.13. The monoisotopic (exact) mass is 326 g/mol. The highest BCUT2D eigenvalue weighted by Crippen LogP contribution is 2.20. The Labute approximate surface area is 140 Å². The van der Waals surface area contributed by atoms with E-state index in [0.717, 1.165) is 16.7 Å². The number of aliphatic carboxylic acids is 1. The Morgan fingerprint density at radius 2 is 1.67 bits per heavy atom. The average Bonchev–Trinajstić information content (AvgIpc) is 2.60. The van der Waals surface area contributed by atoms with E-state index in [1.54, 1.807) is 0 Å². The van der Waals surface area contributed by atoms with E-state index in [2.05, 4.69) is 11.3 Å². The van der Waals surface area contributed by atoms with Crippen LogP contribution in [0.5, 0.6) is 0 Å². The molecular formula is C19H18O5. The van der Waals surface area contributed by atoms with Crippen LogP contribution in [0.3, 0.4) is 0 Å². The van der Waals surface area contributed by atoms with E-state index in [1.807, 2.05) is 54.6 Å². The summed E-state index contributed by atoms with van der Waals surface area (Å²) < 4.78 is 9.47. The normalized spacial score (nSPS) is 11.3. The highest BCUT2D eigenvalue weighted by atomic mass is 16.7. The van der Waals surface area contributed by atoms with Gasteiger partial charge in [-0.2, -0.15) is 0 Å². The van der Waals surface area contributed by atoms with Crippen molar-refractivity contribution in [2.24, 2.45) is 0 Å². The zero-order valence-corrected chi connectivity index (χ0v) is 13.1. The molecule has 2 rings (SSSR count). The number of carbonyl (C=O) groups excluding carboxylic acids is 1. The minimum Gasteiger partial charge on any atom is -0.478 e. The molecule has 0 aliphatic carbocycles. The predicted molar refractivity (Wildman–Crippen MR) is 89.6 cm³/mol. The molecule has 0 aliphatic heterocycles. The third-order valence-electron chi connectivity index (χ3n) is 3.32. The lowest BCUT2D eigenvalue weighted by atomic mass is 10.0. The van der Waals surface area contributed by atoms with Crippen LogP contribution in [0.2, 0.25) is 0 Å². The van der Waals surface area contributed by atoms with Gasteiger partial charge >= 0.3 is 12.1 Å². The standard InChI is InChI=1S/C19H18O5/c1-2-12-23-19(22)24-17(18(20)21)13-14-8-10-16(11-9-14)15-6-4-3-5-7-15/h2-11,17H,1,12-13H2,(H,20,21)/t17-/m0/s1. The molecular weight excluding hydrogens is 308 g/mol. The third kappa shape index (κ3) is 4.98. The second kappa shape index (κ2) is 8.53. The van der Waals surface area contributed by atoms with Crippen molar-refractivity contribution in [3.63, 3.8) is 0 Å². The molecule has 0 aliphatic rings. The lowest BCUT2D eigenvalue weighted by Gasteiger charge is -2.13. The number of hydrogen-bond acceptors (Lipinski definition) is 4. The zero-order chi connectivity index (χ0) is 17.4. The molecule has 0 amide bonds. The molecule has 0 heterocycles. The van der Waals surface area contributed by atoms with Gasteiger partial charge in [0.2, 0.25) is 6.10 Å². The van der Waals surface area contributed by atoms with Crippen molar-refractivity contribution < 1.29 is 24.2 Å². The zero-order valence-electron chi connectivity index (χ0n) is 13.1. The number of carbonyl (C=O) groups is 2. The molecule has 2 aromatic carbocycles. The Morgan fingerprint density at radius 1 is 1.04 bits per heavy atom. The summed E-state index contributed by atoms with van der Waals surface area (Å²) in [4.78, 5) is 22.6. The fourth-order valence-corrected chi connectivity index (χ4v) is 2.13. The first-order valence-corrected chi connectivity index (χ1v) is 7.41. The molecule has 1 N–H and O–H groups in total. The van der Waals surface area contributed by atoms with Crippen molar-refractivity contribution in [1.29, 1.82) is 0 Å². The molecule has 0 bridgehead atoms. The molecule has 5 heteroatoms. The van der Waals surface area contributed by atoms with Crippen LogP contribution in [-0.4, -0.2) is 29.9 Å². The number of benzene rings is 2. The molecule has 5 nitrogen and oxygen atoms in total. The van der Waals surface area contributed by atoms with Gasteiger partial charge in [-0.05, 0) is 16.7 Å². The van der Waals surface area contributed by atoms with Gasteiger partial charge in [0, 0.05) is 6.42 Å². The Morgan fingerprint density at radius 3 is 2.25 bits per heavy atom. The van der Waals surface area contributed by atoms with Crippen molar-refractivity contribution in [3.8, 4) is 11.1 Å². The Balaban J connectivity index is 2.03. The third-order valence-corrected chi connectivity index (χ3v) is 3.32. The summed E-state index contributed by atoms with van der Waals surface area (Å²) in [6, 6.07) is 17.3. The van der Waals surface area contributed by atoms with Crippen LogP contribution in [0.1, 0.15) is 5.56 Å². The molecule has 0 unspecified atom stereocenters. The smallest absolute Gasteiger partial charge is 0.478 e. The topological polar surface area (TPSA) is 72.8 Å². The molecule has 0 saturated heterocycles. The number of carboxylic acid groups (broad SMARTS) is 1. The first-order chi connectivity index (χ1) is 11.6. The molecule has 24 heavy (non-hydrogen) atoms. The summed E-state index contributed by atoms with van der Waals surface area (Å²) in [5.41, 5.74) is 2.85. The number of rotatable bonds is 7. The fraction of sp³-hybridized carbons (Fsp3) is 0.158. The Kier molecular flexibility index (Phi) is 6.14. The van der Waals surface area contributed by atoms with Gasteiger partial charge in [0.25, 0.3) is 0 Å². The Bertz CT molecular complexity index is 691. The summed E-state index contributed by atoms with van der Waals surface area (Å²) in [5, 5.41) is 9.19. The first-order valence-electron chi connectivity index (χ1n) is 7.41. The van der Waals surface area contributed by atoms with Crippen LogP contribution in [0, 0.1) is 0 Å².